The van der Waals surface area contributed by atoms with Crippen molar-refractivity contribution in [3.8, 4) is 22.3 Å². The van der Waals surface area contributed by atoms with Gasteiger partial charge in [0.25, 0.3) is 0 Å². The maximum Gasteiger partial charge on any atom is 0.143 e. The van der Waals surface area contributed by atoms with Crippen molar-refractivity contribution in [1.82, 2.24) is 0 Å². The summed E-state index contributed by atoms with van der Waals surface area (Å²) in [7, 11) is 0. The van der Waals surface area contributed by atoms with E-state index in [1.165, 1.54) is 65.0 Å². The largest absolute Gasteiger partial charge is 0.455 e. The van der Waals surface area contributed by atoms with E-state index in [1.807, 2.05) is 0 Å². The van der Waals surface area contributed by atoms with E-state index in [0.717, 1.165) is 50.1 Å². The second-order valence-corrected chi connectivity index (χ2v) is 15.3. The van der Waals surface area contributed by atoms with Crippen molar-refractivity contribution < 1.29 is 4.42 Å². The lowest BCUT2D eigenvalue weighted by Gasteiger charge is -2.26. The lowest BCUT2D eigenvalue weighted by molar-refractivity contribution is 0.670. The van der Waals surface area contributed by atoms with Crippen molar-refractivity contribution in [1.29, 1.82) is 0 Å². The summed E-state index contributed by atoms with van der Waals surface area (Å²) in [6, 6.07) is 76.9. The third-order valence-electron chi connectivity index (χ3n) is 12.0. The minimum absolute atomic E-state index is 0.855. The van der Waals surface area contributed by atoms with Crippen molar-refractivity contribution >= 4 is 92.9 Å². The minimum atomic E-state index is 0.855. The average molecular weight is 738 g/mol. The summed E-state index contributed by atoms with van der Waals surface area (Å²) < 4.78 is 7.05. The fourth-order valence-corrected chi connectivity index (χ4v) is 9.25. The molecule has 11 aromatic carbocycles. The Morgan fingerprint density at radius 2 is 0.793 bits per heavy atom. The summed E-state index contributed by atoms with van der Waals surface area (Å²) in [6.07, 6.45) is 0. The lowest BCUT2D eigenvalue weighted by Crippen LogP contribution is -2.09. The van der Waals surface area contributed by atoms with E-state index >= 15 is 0 Å². The first-order chi connectivity index (χ1) is 28.7. The molecule has 1 heterocycles. The molecule has 0 N–H and O–H groups in total. The van der Waals surface area contributed by atoms with Crippen molar-refractivity contribution in [3.63, 3.8) is 0 Å². The molecule has 0 unspecified atom stereocenters. The first-order valence-electron chi connectivity index (χ1n) is 19.9. The Labute approximate surface area is 335 Å². The van der Waals surface area contributed by atoms with Gasteiger partial charge in [-0.2, -0.15) is 0 Å². The van der Waals surface area contributed by atoms with Crippen molar-refractivity contribution in [3.05, 3.63) is 212 Å². The molecule has 0 bridgehead atoms. The molecule has 0 aliphatic rings. The Morgan fingerprint density at radius 1 is 0.276 bits per heavy atom. The molecule has 12 aromatic rings. The number of anilines is 3. The summed E-state index contributed by atoms with van der Waals surface area (Å²) in [4.78, 5) is 2.37. The van der Waals surface area contributed by atoms with E-state index in [9.17, 15) is 0 Å². The quantitative estimate of drug-likeness (QED) is 0.164. The Bertz CT molecular complexity index is 3530. The number of hydrogen-bond donors (Lipinski definition) is 0. The van der Waals surface area contributed by atoms with Crippen LogP contribution in [0.1, 0.15) is 0 Å². The predicted octanol–water partition coefficient (Wildman–Crippen LogP) is 16.2. The number of hydrogen-bond acceptors (Lipinski definition) is 2. The molecule has 1 aromatic heterocycles. The first kappa shape index (κ1) is 32.6. The molecule has 0 saturated carbocycles. The van der Waals surface area contributed by atoms with Crippen LogP contribution in [0.15, 0.2) is 217 Å². The molecule has 0 amide bonds. The number of fused-ring (bicyclic) bond motifs is 11. The molecule has 270 valence electrons. The van der Waals surface area contributed by atoms with Crippen LogP contribution in [-0.2, 0) is 0 Å². The Morgan fingerprint density at radius 3 is 1.52 bits per heavy atom. The average Bonchev–Trinajstić information content (AvgIpc) is 3.66. The zero-order chi connectivity index (χ0) is 38.2. The van der Waals surface area contributed by atoms with Gasteiger partial charge in [0.05, 0.1) is 0 Å². The molecule has 2 heteroatoms. The number of nitrogens with zero attached hydrogens (tertiary/aromatic N) is 1. The molecular weight excluding hydrogens is 703 g/mol. The van der Waals surface area contributed by atoms with E-state index in [0.29, 0.717) is 0 Å². The SMILES string of the molecule is c1ccc(-c2ccc(N(c3ccc4c(c3)oc3c(-c5ccc6ccccc6c5)c5ccccc5cc34)c3ccc4c5ccccc5c5ccccc5c4c3)cc2)cc1. The molecule has 12 rings (SSSR count). The highest BCUT2D eigenvalue weighted by atomic mass is 16.3. The normalized spacial score (nSPS) is 11.8. The highest BCUT2D eigenvalue weighted by Gasteiger charge is 2.20. The van der Waals surface area contributed by atoms with E-state index in [-0.39, 0.29) is 0 Å². The fourth-order valence-electron chi connectivity index (χ4n) is 9.25. The molecule has 0 saturated heterocycles. The maximum atomic E-state index is 7.05. The minimum Gasteiger partial charge on any atom is -0.455 e. The lowest BCUT2D eigenvalue weighted by atomic mass is 9.93. The van der Waals surface area contributed by atoms with Gasteiger partial charge in [-0.25, -0.2) is 0 Å². The highest BCUT2D eigenvalue weighted by molar-refractivity contribution is 6.26. The Balaban J connectivity index is 1.09. The molecule has 0 aliphatic carbocycles. The number of furan rings is 1. The third-order valence-corrected chi connectivity index (χ3v) is 12.0. The zero-order valence-electron chi connectivity index (χ0n) is 31.6. The monoisotopic (exact) mass is 737 g/mol. The van der Waals surface area contributed by atoms with Gasteiger partial charge in [-0.1, -0.05) is 158 Å². The Hall–Kier alpha value is -7.68. The van der Waals surface area contributed by atoms with Crippen molar-refractivity contribution in [2.45, 2.75) is 0 Å². The van der Waals surface area contributed by atoms with Crippen LogP contribution < -0.4 is 4.90 Å². The number of benzene rings is 11. The first-order valence-corrected chi connectivity index (χ1v) is 19.9. The molecule has 0 fully saturated rings. The third kappa shape index (κ3) is 5.12. The van der Waals surface area contributed by atoms with Crippen LogP contribution in [0.4, 0.5) is 17.1 Å². The summed E-state index contributed by atoms with van der Waals surface area (Å²) >= 11 is 0. The van der Waals surface area contributed by atoms with Gasteiger partial charge < -0.3 is 9.32 Å². The van der Waals surface area contributed by atoms with Crippen LogP contribution in [0.2, 0.25) is 0 Å². The van der Waals surface area contributed by atoms with Crippen LogP contribution >= 0.6 is 0 Å². The van der Waals surface area contributed by atoms with Crippen molar-refractivity contribution in [2.24, 2.45) is 0 Å². The van der Waals surface area contributed by atoms with Crippen LogP contribution in [0.5, 0.6) is 0 Å². The molecular formula is C56H35NO. The van der Waals surface area contributed by atoms with E-state index < -0.39 is 0 Å². The van der Waals surface area contributed by atoms with Gasteiger partial charge >= 0.3 is 0 Å². The summed E-state index contributed by atoms with van der Waals surface area (Å²) in [6.45, 7) is 0. The molecule has 0 atom stereocenters. The van der Waals surface area contributed by atoms with Crippen LogP contribution in [0, 0.1) is 0 Å². The van der Waals surface area contributed by atoms with Crippen molar-refractivity contribution in [2.75, 3.05) is 4.90 Å². The van der Waals surface area contributed by atoms with Gasteiger partial charge in [0.15, 0.2) is 0 Å². The van der Waals surface area contributed by atoms with Gasteiger partial charge in [-0.3, -0.25) is 0 Å². The smallest absolute Gasteiger partial charge is 0.143 e. The zero-order valence-corrected chi connectivity index (χ0v) is 31.6. The molecule has 0 aliphatic heterocycles. The molecule has 0 radical (unpaired) electrons. The second kappa shape index (κ2) is 12.9. The van der Waals surface area contributed by atoms with Gasteiger partial charge in [-0.05, 0) is 119 Å². The highest BCUT2D eigenvalue weighted by Crippen LogP contribution is 2.45. The van der Waals surface area contributed by atoms with Gasteiger partial charge in [0, 0.05) is 39.5 Å². The summed E-state index contributed by atoms with van der Waals surface area (Å²) in [5, 5.41) is 14.6. The molecule has 0 spiro atoms. The van der Waals surface area contributed by atoms with Gasteiger partial charge in [0.1, 0.15) is 11.2 Å². The summed E-state index contributed by atoms with van der Waals surface area (Å²) in [5.74, 6) is 0. The second-order valence-electron chi connectivity index (χ2n) is 15.3. The Kier molecular flexibility index (Phi) is 7.26. The molecule has 2 nitrogen and oxygen atoms in total. The molecule has 58 heavy (non-hydrogen) atoms. The van der Waals surface area contributed by atoms with Crippen LogP contribution in [0.3, 0.4) is 0 Å². The van der Waals surface area contributed by atoms with Crippen LogP contribution in [-0.4, -0.2) is 0 Å². The maximum absolute atomic E-state index is 7.05. The van der Waals surface area contributed by atoms with Gasteiger partial charge in [-0.15, -0.1) is 0 Å². The number of rotatable bonds is 5. The standard InChI is InChI=1S/C56H35NO/c1-2-12-36(13-3-1)38-24-26-42(27-25-38)57(43-28-30-50-48-20-9-8-18-46(48)47-19-10-11-21-49(47)52(50)34-43)44-29-31-51-53-33-40-16-6-7-17-45(40)55(56(53)58-54(51)35-44)41-23-22-37-14-4-5-15-39(37)32-41/h1-35H. The van der Waals surface area contributed by atoms with Crippen LogP contribution in [0.25, 0.3) is 98.1 Å². The fraction of sp³-hybridized carbons (Fsp3) is 0. The topological polar surface area (TPSA) is 16.4 Å². The predicted molar refractivity (Wildman–Crippen MR) is 247 cm³/mol. The van der Waals surface area contributed by atoms with E-state index in [2.05, 4.69) is 217 Å². The van der Waals surface area contributed by atoms with Gasteiger partial charge in [0.2, 0.25) is 0 Å². The summed E-state index contributed by atoms with van der Waals surface area (Å²) in [5.41, 5.74) is 9.59. The van der Waals surface area contributed by atoms with E-state index in [4.69, 9.17) is 4.42 Å². The van der Waals surface area contributed by atoms with E-state index in [1.54, 1.807) is 0 Å².